The van der Waals surface area contributed by atoms with E-state index in [1.165, 1.54) is 0 Å². The smallest absolute Gasteiger partial charge is 0.293 e. The number of fused-ring (bicyclic) bond motifs is 1. The standard InChI is InChI=1S/C16H23N3O4/c1-15(2,20)16(3)10-11-8-13(19(21)22)12(9-14(11)23-16)18-6-4-17-5-7-18/h8-9,17,20H,4-7,10H2,1-3H3. The third-order valence-corrected chi connectivity index (χ3v) is 4.97. The fourth-order valence-corrected chi connectivity index (χ4v) is 3.12. The molecule has 2 aliphatic rings. The van der Waals surface area contributed by atoms with Crippen molar-refractivity contribution in [1.82, 2.24) is 5.32 Å². The fourth-order valence-electron chi connectivity index (χ4n) is 3.12. The lowest BCUT2D eigenvalue weighted by molar-refractivity contribution is -0.384. The topological polar surface area (TPSA) is 87.9 Å². The monoisotopic (exact) mass is 321 g/mol. The molecule has 7 nitrogen and oxygen atoms in total. The number of hydrogen-bond donors (Lipinski definition) is 2. The van der Waals surface area contributed by atoms with E-state index in [0.29, 0.717) is 17.9 Å². The summed E-state index contributed by atoms with van der Waals surface area (Å²) in [6, 6.07) is 3.36. The van der Waals surface area contributed by atoms with E-state index in [2.05, 4.69) is 5.32 Å². The van der Waals surface area contributed by atoms with Crippen LogP contribution >= 0.6 is 0 Å². The molecule has 0 aromatic heterocycles. The first-order valence-corrected chi connectivity index (χ1v) is 7.90. The Bertz CT molecular complexity index is 635. The van der Waals surface area contributed by atoms with Crippen LogP contribution in [-0.4, -0.2) is 47.4 Å². The number of anilines is 1. The summed E-state index contributed by atoms with van der Waals surface area (Å²) in [6.07, 6.45) is 0.453. The van der Waals surface area contributed by atoms with Crippen LogP contribution in [0.4, 0.5) is 11.4 Å². The van der Waals surface area contributed by atoms with Crippen molar-refractivity contribution in [3.8, 4) is 5.75 Å². The third kappa shape index (κ3) is 2.74. The normalized spacial score (nSPS) is 24.3. The van der Waals surface area contributed by atoms with E-state index in [9.17, 15) is 15.2 Å². The summed E-state index contributed by atoms with van der Waals surface area (Å²) in [4.78, 5) is 13.2. The van der Waals surface area contributed by atoms with Crippen molar-refractivity contribution in [2.24, 2.45) is 0 Å². The van der Waals surface area contributed by atoms with Crippen molar-refractivity contribution >= 4 is 11.4 Å². The summed E-state index contributed by atoms with van der Waals surface area (Å²) < 4.78 is 6.01. The SMILES string of the molecule is CC(C)(O)C1(C)Cc2cc([N+](=O)[O-])c(N3CCNCC3)cc2O1. The number of aliphatic hydroxyl groups is 1. The largest absolute Gasteiger partial charge is 0.484 e. The molecule has 0 bridgehead atoms. The van der Waals surface area contributed by atoms with Crippen LogP contribution < -0.4 is 15.0 Å². The lowest BCUT2D eigenvalue weighted by atomic mass is 9.84. The van der Waals surface area contributed by atoms with E-state index < -0.39 is 11.2 Å². The molecule has 0 saturated carbocycles. The van der Waals surface area contributed by atoms with Gasteiger partial charge in [-0.1, -0.05) is 0 Å². The van der Waals surface area contributed by atoms with Crippen LogP contribution in [0.15, 0.2) is 12.1 Å². The third-order valence-electron chi connectivity index (χ3n) is 4.97. The number of piperazine rings is 1. The van der Waals surface area contributed by atoms with E-state index in [1.54, 1.807) is 26.0 Å². The molecule has 1 aromatic carbocycles. The maximum atomic E-state index is 11.5. The van der Waals surface area contributed by atoms with E-state index >= 15 is 0 Å². The molecule has 1 aromatic rings. The average molecular weight is 321 g/mol. The maximum absolute atomic E-state index is 11.5. The van der Waals surface area contributed by atoms with Gasteiger partial charge in [0, 0.05) is 50.3 Å². The van der Waals surface area contributed by atoms with Gasteiger partial charge >= 0.3 is 0 Å². The zero-order valence-corrected chi connectivity index (χ0v) is 13.8. The molecule has 1 atom stereocenters. The van der Waals surface area contributed by atoms with E-state index in [1.807, 2.05) is 11.8 Å². The Morgan fingerprint density at radius 1 is 1.39 bits per heavy atom. The number of ether oxygens (including phenoxy) is 1. The summed E-state index contributed by atoms with van der Waals surface area (Å²) >= 11 is 0. The highest BCUT2D eigenvalue weighted by Gasteiger charge is 2.47. The van der Waals surface area contributed by atoms with Gasteiger partial charge in [0.1, 0.15) is 17.0 Å². The lowest BCUT2D eigenvalue weighted by Gasteiger charge is -2.36. The number of nitrogens with zero attached hydrogens (tertiary/aromatic N) is 2. The van der Waals surface area contributed by atoms with E-state index in [-0.39, 0.29) is 10.6 Å². The van der Waals surface area contributed by atoms with Crippen LogP contribution in [0, 0.1) is 10.1 Å². The molecule has 1 unspecified atom stereocenters. The Hall–Kier alpha value is -1.86. The molecule has 2 N–H and O–H groups in total. The Labute approximate surface area is 135 Å². The van der Waals surface area contributed by atoms with Crippen LogP contribution in [0.2, 0.25) is 0 Å². The Morgan fingerprint density at radius 3 is 2.61 bits per heavy atom. The van der Waals surface area contributed by atoms with Crippen molar-refractivity contribution in [2.75, 3.05) is 31.1 Å². The number of nitrogens with one attached hydrogen (secondary N) is 1. The molecule has 0 spiro atoms. The molecule has 126 valence electrons. The van der Waals surface area contributed by atoms with Gasteiger partial charge in [-0.05, 0) is 20.8 Å². The second-order valence-electron chi connectivity index (χ2n) is 7.01. The fraction of sp³-hybridized carbons (Fsp3) is 0.625. The first-order chi connectivity index (χ1) is 10.7. The number of nitro groups is 1. The van der Waals surface area contributed by atoms with Gasteiger partial charge in [0.15, 0.2) is 0 Å². The molecule has 0 amide bonds. The number of nitro benzene ring substituents is 1. The second kappa shape index (κ2) is 5.35. The highest BCUT2D eigenvalue weighted by molar-refractivity contribution is 5.69. The molecule has 0 aliphatic carbocycles. The first kappa shape index (κ1) is 16.0. The molecule has 2 aliphatic heterocycles. The zero-order chi connectivity index (χ0) is 16.8. The van der Waals surface area contributed by atoms with Crippen molar-refractivity contribution in [3.05, 3.63) is 27.8 Å². The Balaban J connectivity index is 2.01. The van der Waals surface area contributed by atoms with Gasteiger partial charge in [-0.3, -0.25) is 10.1 Å². The molecule has 2 heterocycles. The molecule has 0 radical (unpaired) electrons. The molecule has 1 fully saturated rings. The summed E-state index contributed by atoms with van der Waals surface area (Å²) in [6.45, 7) is 8.29. The quantitative estimate of drug-likeness (QED) is 0.647. The maximum Gasteiger partial charge on any atom is 0.293 e. The van der Waals surface area contributed by atoms with Gasteiger partial charge in [-0.25, -0.2) is 0 Å². The van der Waals surface area contributed by atoms with Gasteiger partial charge in [-0.15, -0.1) is 0 Å². The Morgan fingerprint density at radius 2 is 2.04 bits per heavy atom. The summed E-state index contributed by atoms with van der Waals surface area (Å²) in [7, 11) is 0. The van der Waals surface area contributed by atoms with Crippen LogP contribution in [0.3, 0.4) is 0 Å². The molecular weight excluding hydrogens is 298 g/mol. The van der Waals surface area contributed by atoms with Crippen molar-refractivity contribution in [3.63, 3.8) is 0 Å². The minimum absolute atomic E-state index is 0.106. The Kier molecular flexibility index (Phi) is 3.72. The van der Waals surface area contributed by atoms with Gasteiger partial charge in [0.25, 0.3) is 5.69 Å². The summed E-state index contributed by atoms with van der Waals surface area (Å²) in [5, 5.41) is 25.1. The minimum Gasteiger partial charge on any atom is -0.484 e. The molecule has 3 rings (SSSR count). The van der Waals surface area contributed by atoms with Crippen molar-refractivity contribution in [2.45, 2.75) is 38.4 Å². The van der Waals surface area contributed by atoms with Gasteiger partial charge < -0.3 is 20.1 Å². The van der Waals surface area contributed by atoms with Crippen LogP contribution in [0.1, 0.15) is 26.3 Å². The van der Waals surface area contributed by atoms with Gasteiger partial charge in [-0.2, -0.15) is 0 Å². The van der Waals surface area contributed by atoms with E-state index in [4.69, 9.17) is 4.74 Å². The number of benzene rings is 1. The highest BCUT2D eigenvalue weighted by Crippen LogP contribution is 2.45. The van der Waals surface area contributed by atoms with Crippen LogP contribution in [0.25, 0.3) is 0 Å². The zero-order valence-electron chi connectivity index (χ0n) is 13.8. The van der Waals surface area contributed by atoms with E-state index in [0.717, 1.165) is 31.7 Å². The van der Waals surface area contributed by atoms with Crippen molar-refractivity contribution < 1.29 is 14.8 Å². The predicted molar refractivity (Wildman–Crippen MR) is 87.2 cm³/mol. The number of rotatable bonds is 3. The molecular formula is C16H23N3O4. The molecule has 1 saturated heterocycles. The van der Waals surface area contributed by atoms with Gasteiger partial charge in [0.05, 0.1) is 10.5 Å². The number of hydrogen-bond acceptors (Lipinski definition) is 6. The second-order valence-corrected chi connectivity index (χ2v) is 7.01. The average Bonchev–Trinajstić information content (AvgIpc) is 2.83. The summed E-state index contributed by atoms with van der Waals surface area (Å²) in [5.74, 6) is 0.633. The van der Waals surface area contributed by atoms with Crippen LogP contribution in [-0.2, 0) is 6.42 Å². The summed E-state index contributed by atoms with van der Waals surface area (Å²) in [5.41, 5.74) is -0.355. The minimum atomic E-state index is -1.05. The lowest BCUT2D eigenvalue weighted by Crippen LogP contribution is -2.51. The first-order valence-electron chi connectivity index (χ1n) is 7.90. The van der Waals surface area contributed by atoms with Gasteiger partial charge in [0.2, 0.25) is 0 Å². The van der Waals surface area contributed by atoms with Crippen molar-refractivity contribution in [1.29, 1.82) is 0 Å². The highest BCUT2D eigenvalue weighted by atomic mass is 16.6. The molecule has 23 heavy (non-hydrogen) atoms. The molecule has 7 heteroatoms. The predicted octanol–water partition coefficient (Wildman–Crippen LogP) is 1.47. The van der Waals surface area contributed by atoms with Crippen LogP contribution in [0.5, 0.6) is 5.75 Å².